The van der Waals surface area contributed by atoms with Gasteiger partial charge in [-0.05, 0) is 36.2 Å². The van der Waals surface area contributed by atoms with Crippen LogP contribution in [0.2, 0.25) is 0 Å². The summed E-state index contributed by atoms with van der Waals surface area (Å²) in [6, 6.07) is 21.8. The predicted molar refractivity (Wildman–Crippen MR) is 133 cm³/mol. The Morgan fingerprint density at radius 2 is 1.33 bits per heavy atom. The molecule has 0 radical (unpaired) electrons. The highest BCUT2D eigenvalue weighted by atomic mass is 32.2. The van der Waals surface area contributed by atoms with E-state index >= 15 is 0 Å². The maximum Gasteiger partial charge on any atom is 0.252 e. The maximum atomic E-state index is 12.9. The van der Waals surface area contributed by atoms with Gasteiger partial charge in [0.1, 0.15) is 6.04 Å². The number of primary amides is 1. The number of amides is 3. The average molecular weight is 510 g/mol. The number of benzene rings is 3. The van der Waals surface area contributed by atoms with E-state index in [0.717, 1.165) is 0 Å². The summed E-state index contributed by atoms with van der Waals surface area (Å²) in [5, 5.41) is 15.8. The fraction of sp³-hybridized carbons (Fsp3) is 0.192. The van der Waals surface area contributed by atoms with E-state index in [1.54, 1.807) is 78.9 Å². The fourth-order valence-corrected chi connectivity index (χ4v) is 4.89. The van der Waals surface area contributed by atoms with Crippen LogP contribution in [0.4, 0.5) is 0 Å². The number of nitrogens with one attached hydrogen (secondary N) is 2. The van der Waals surface area contributed by atoms with Crippen LogP contribution in [0.1, 0.15) is 28.4 Å². The topological polar surface area (TPSA) is 156 Å². The van der Waals surface area contributed by atoms with E-state index in [1.807, 2.05) is 0 Å². The molecule has 0 unspecified atom stereocenters. The van der Waals surface area contributed by atoms with Gasteiger partial charge in [-0.25, -0.2) is 8.42 Å². The molecule has 0 fully saturated rings. The molecule has 188 valence electrons. The molecule has 0 bridgehead atoms. The lowest BCUT2D eigenvalue weighted by Gasteiger charge is -2.25. The van der Waals surface area contributed by atoms with Gasteiger partial charge in [-0.15, -0.1) is 0 Å². The van der Waals surface area contributed by atoms with Gasteiger partial charge >= 0.3 is 0 Å². The first kappa shape index (κ1) is 26.6. The Kier molecular flexibility index (Phi) is 8.93. The lowest BCUT2D eigenvalue weighted by Crippen LogP contribution is -2.52. The minimum Gasteiger partial charge on any atom is -0.381 e. The lowest BCUT2D eigenvalue weighted by molar-refractivity contribution is -0.134. The number of nitrogens with two attached hydrogens (primary N) is 1. The van der Waals surface area contributed by atoms with E-state index in [0.29, 0.717) is 11.1 Å². The minimum absolute atomic E-state index is 0.0762. The quantitative estimate of drug-likeness (QED) is 0.306. The smallest absolute Gasteiger partial charge is 0.252 e. The molecule has 3 atom stereocenters. The molecule has 3 amide bonds. The lowest BCUT2D eigenvalue weighted by atomic mass is 9.99. The zero-order valence-electron chi connectivity index (χ0n) is 19.3. The molecule has 36 heavy (non-hydrogen) atoms. The SMILES string of the molecule is NC(=O)[C@@H](CCS(=O)(=O)c1ccccc1)NC(=O)[C@H](O)[C@@H](NC(=O)c1ccccc1)c1ccccc1. The van der Waals surface area contributed by atoms with Crippen LogP contribution >= 0.6 is 0 Å². The highest BCUT2D eigenvalue weighted by Crippen LogP contribution is 2.19. The number of sulfone groups is 1. The Bertz CT molecular complexity index is 1290. The Hall–Kier alpha value is -4.02. The van der Waals surface area contributed by atoms with Crippen molar-refractivity contribution < 1.29 is 27.9 Å². The van der Waals surface area contributed by atoms with Gasteiger partial charge in [0.2, 0.25) is 5.91 Å². The van der Waals surface area contributed by atoms with Crippen molar-refractivity contribution in [2.75, 3.05) is 5.75 Å². The van der Waals surface area contributed by atoms with Crippen LogP contribution in [0.15, 0.2) is 95.9 Å². The molecule has 0 spiro atoms. The Morgan fingerprint density at radius 3 is 1.89 bits per heavy atom. The van der Waals surface area contributed by atoms with Gasteiger partial charge in [0, 0.05) is 5.56 Å². The van der Waals surface area contributed by atoms with E-state index in [9.17, 15) is 27.9 Å². The van der Waals surface area contributed by atoms with Crippen LogP contribution in [0.25, 0.3) is 0 Å². The van der Waals surface area contributed by atoms with E-state index in [1.165, 1.54) is 12.1 Å². The minimum atomic E-state index is -3.73. The largest absolute Gasteiger partial charge is 0.381 e. The summed E-state index contributed by atoms with van der Waals surface area (Å²) in [5.74, 6) is -2.91. The van der Waals surface area contributed by atoms with Crippen molar-refractivity contribution >= 4 is 27.6 Å². The van der Waals surface area contributed by atoms with Crippen LogP contribution in [-0.2, 0) is 19.4 Å². The molecule has 9 nitrogen and oxygen atoms in total. The number of hydrogen-bond acceptors (Lipinski definition) is 6. The van der Waals surface area contributed by atoms with Crippen molar-refractivity contribution in [3.8, 4) is 0 Å². The summed E-state index contributed by atoms with van der Waals surface area (Å²) in [5.41, 5.74) is 6.17. The zero-order chi connectivity index (χ0) is 26.1. The van der Waals surface area contributed by atoms with Crippen LogP contribution in [0.5, 0.6) is 0 Å². The van der Waals surface area contributed by atoms with Gasteiger partial charge in [-0.2, -0.15) is 0 Å². The molecule has 0 aliphatic carbocycles. The summed E-state index contributed by atoms with van der Waals surface area (Å²) in [6.07, 6.45) is -2.09. The second-order valence-electron chi connectivity index (χ2n) is 8.06. The first-order valence-corrected chi connectivity index (χ1v) is 12.8. The van der Waals surface area contributed by atoms with Crippen LogP contribution < -0.4 is 16.4 Å². The van der Waals surface area contributed by atoms with Gasteiger partial charge in [0.25, 0.3) is 11.8 Å². The Morgan fingerprint density at radius 1 is 0.806 bits per heavy atom. The Labute approximate surface area is 209 Å². The van der Waals surface area contributed by atoms with Crippen LogP contribution in [0, 0.1) is 0 Å². The summed E-state index contributed by atoms with van der Waals surface area (Å²) in [4.78, 5) is 37.7. The van der Waals surface area contributed by atoms with Gasteiger partial charge in [0.15, 0.2) is 15.9 Å². The summed E-state index contributed by atoms with van der Waals surface area (Å²) < 4.78 is 25.1. The van der Waals surface area contributed by atoms with Crippen molar-refractivity contribution in [2.24, 2.45) is 5.73 Å². The highest BCUT2D eigenvalue weighted by Gasteiger charge is 2.32. The van der Waals surface area contributed by atoms with Crippen LogP contribution in [-0.4, -0.2) is 49.1 Å². The highest BCUT2D eigenvalue weighted by molar-refractivity contribution is 7.91. The first-order valence-electron chi connectivity index (χ1n) is 11.2. The number of aliphatic hydroxyl groups is 1. The fourth-order valence-electron chi connectivity index (χ4n) is 3.53. The molecule has 0 saturated carbocycles. The zero-order valence-corrected chi connectivity index (χ0v) is 20.1. The standard InChI is InChI=1S/C26H27N3O6S/c27-24(31)21(16-17-36(34,35)20-14-8-3-9-15-20)28-26(33)23(30)22(18-10-4-1-5-11-18)29-25(32)19-12-6-2-7-13-19/h1-15,21-23,30H,16-17H2,(H2,27,31)(H,28,33)(H,29,32)/t21-,22+,23-/m1/s1. The Balaban J connectivity index is 1.74. The first-order chi connectivity index (χ1) is 17.2. The molecular formula is C26H27N3O6S. The van der Waals surface area contributed by atoms with Gasteiger partial charge in [0.05, 0.1) is 16.7 Å². The van der Waals surface area contributed by atoms with E-state index in [-0.39, 0.29) is 11.3 Å². The monoisotopic (exact) mass is 509 g/mol. The molecule has 0 heterocycles. The molecule has 3 aromatic carbocycles. The summed E-state index contributed by atoms with van der Waals surface area (Å²) in [6.45, 7) is 0. The van der Waals surface area contributed by atoms with E-state index < -0.39 is 51.5 Å². The number of hydrogen-bond donors (Lipinski definition) is 4. The van der Waals surface area contributed by atoms with Crippen LogP contribution in [0.3, 0.4) is 0 Å². The molecule has 3 rings (SSSR count). The third-order valence-electron chi connectivity index (χ3n) is 5.50. The molecule has 0 aliphatic heterocycles. The summed E-state index contributed by atoms with van der Waals surface area (Å²) in [7, 11) is -3.73. The molecule has 0 saturated heterocycles. The van der Waals surface area contributed by atoms with E-state index in [4.69, 9.17) is 5.73 Å². The van der Waals surface area contributed by atoms with Gasteiger partial charge < -0.3 is 21.5 Å². The molecule has 0 aliphatic rings. The van der Waals surface area contributed by atoms with E-state index in [2.05, 4.69) is 10.6 Å². The van der Waals surface area contributed by atoms with Crippen molar-refractivity contribution in [3.63, 3.8) is 0 Å². The van der Waals surface area contributed by atoms with Crippen molar-refractivity contribution in [2.45, 2.75) is 29.5 Å². The van der Waals surface area contributed by atoms with Crippen molar-refractivity contribution in [1.82, 2.24) is 10.6 Å². The number of rotatable bonds is 11. The summed E-state index contributed by atoms with van der Waals surface area (Å²) >= 11 is 0. The number of aliphatic hydroxyl groups excluding tert-OH is 1. The predicted octanol–water partition coefficient (Wildman–Crippen LogP) is 1.35. The number of carbonyl (C=O) groups is 3. The van der Waals surface area contributed by atoms with Crippen molar-refractivity contribution in [1.29, 1.82) is 0 Å². The molecule has 0 aromatic heterocycles. The maximum absolute atomic E-state index is 12.9. The normalized spacial score (nSPS) is 13.7. The van der Waals surface area contributed by atoms with Gasteiger partial charge in [-0.1, -0.05) is 66.7 Å². The molecule has 10 heteroatoms. The van der Waals surface area contributed by atoms with Gasteiger partial charge in [-0.3, -0.25) is 14.4 Å². The molecule has 3 aromatic rings. The number of carbonyl (C=O) groups excluding carboxylic acids is 3. The molecule has 5 N–H and O–H groups in total. The second-order valence-corrected chi connectivity index (χ2v) is 10.2. The van der Waals surface area contributed by atoms with Crippen molar-refractivity contribution in [3.05, 3.63) is 102 Å². The third kappa shape index (κ3) is 7.00. The second kappa shape index (κ2) is 12.1. The average Bonchev–Trinajstić information content (AvgIpc) is 2.90. The molecular weight excluding hydrogens is 482 g/mol. The third-order valence-corrected chi connectivity index (χ3v) is 7.27.